The van der Waals surface area contributed by atoms with Crippen LogP contribution in [-0.2, 0) is 6.42 Å². The molecule has 0 aliphatic carbocycles. The van der Waals surface area contributed by atoms with E-state index in [-0.39, 0.29) is 0 Å². The Bertz CT molecular complexity index is 556. The fraction of sp³-hybridized carbons (Fsp3) is 0.533. The van der Waals surface area contributed by atoms with Crippen LogP contribution in [0.25, 0.3) is 11.0 Å². The van der Waals surface area contributed by atoms with E-state index < -0.39 is 0 Å². The summed E-state index contributed by atoms with van der Waals surface area (Å²) in [5.74, 6) is 1.61. The van der Waals surface area contributed by atoms with Crippen molar-refractivity contribution in [3.05, 3.63) is 29.0 Å². The number of aromatic nitrogens is 2. The van der Waals surface area contributed by atoms with Gasteiger partial charge in [0.1, 0.15) is 5.82 Å². The highest BCUT2D eigenvalue weighted by molar-refractivity contribution is 6.31. The topological polar surface area (TPSA) is 43.8 Å². The van der Waals surface area contributed by atoms with E-state index in [1.54, 1.807) is 0 Å². The standard InChI is InChI=1S/C15H22ClN3/c1-4-11(9-17)7-15-18-13-6-5-12(16)8-14(13)19(15)10(2)3/h5-6,8,10-11H,4,7,9,17H2,1-3H3. The minimum atomic E-state index is 0.369. The number of imidazole rings is 1. The maximum absolute atomic E-state index is 6.10. The molecular formula is C15H22ClN3. The van der Waals surface area contributed by atoms with Gasteiger partial charge < -0.3 is 10.3 Å². The summed E-state index contributed by atoms with van der Waals surface area (Å²) >= 11 is 6.10. The van der Waals surface area contributed by atoms with Crippen molar-refractivity contribution in [3.63, 3.8) is 0 Å². The summed E-state index contributed by atoms with van der Waals surface area (Å²) in [6.45, 7) is 7.24. The van der Waals surface area contributed by atoms with Gasteiger partial charge in [0.05, 0.1) is 11.0 Å². The largest absolute Gasteiger partial charge is 0.330 e. The summed E-state index contributed by atoms with van der Waals surface area (Å²) < 4.78 is 2.28. The normalized spacial score (nSPS) is 13.4. The number of fused-ring (bicyclic) bond motifs is 1. The second-order valence-corrected chi connectivity index (χ2v) is 5.78. The Morgan fingerprint density at radius 3 is 2.68 bits per heavy atom. The second-order valence-electron chi connectivity index (χ2n) is 5.34. The van der Waals surface area contributed by atoms with Crippen molar-refractivity contribution in [1.29, 1.82) is 0 Å². The number of benzene rings is 1. The van der Waals surface area contributed by atoms with Crippen LogP contribution in [0.4, 0.5) is 0 Å². The van der Waals surface area contributed by atoms with Gasteiger partial charge in [0.25, 0.3) is 0 Å². The van der Waals surface area contributed by atoms with Gasteiger partial charge in [-0.05, 0) is 44.5 Å². The average Bonchev–Trinajstić information content (AvgIpc) is 2.73. The first-order chi connectivity index (χ1) is 9.06. The van der Waals surface area contributed by atoms with Crippen molar-refractivity contribution in [2.75, 3.05) is 6.54 Å². The number of halogens is 1. The van der Waals surface area contributed by atoms with E-state index in [4.69, 9.17) is 22.3 Å². The van der Waals surface area contributed by atoms with E-state index in [0.29, 0.717) is 18.5 Å². The van der Waals surface area contributed by atoms with E-state index >= 15 is 0 Å². The first-order valence-corrected chi connectivity index (χ1v) is 7.31. The molecule has 0 bridgehead atoms. The number of rotatable bonds is 5. The Balaban J connectivity index is 2.50. The molecule has 1 aromatic carbocycles. The highest BCUT2D eigenvalue weighted by atomic mass is 35.5. The molecule has 1 atom stereocenters. The first kappa shape index (κ1) is 14.4. The van der Waals surface area contributed by atoms with E-state index in [1.807, 2.05) is 18.2 Å². The van der Waals surface area contributed by atoms with Crippen molar-refractivity contribution < 1.29 is 0 Å². The predicted octanol–water partition coefficient (Wildman–Crippen LogP) is 3.80. The molecule has 0 radical (unpaired) electrons. The van der Waals surface area contributed by atoms with Crippen LogP contribution >= 0.6 is 11.6 Å². The first-order valence-electron chi connectivity index (χ1n) is 6.93. The van der Waals surface area contributed by atoms with E-state index in [9.17, 15) is 0 Å². The van der Waals surface area contributed by atoms with E-state index in [1.165, 1.54) is 0 Å². The van der Waals surface area contributed by atoms with E-state index in [0.717, 1.165) is 34.7 Å². The Labute approximate surface area is 119 Å². The molecule has 2 rings (SSSR count). The lowest BCUT2D eigenvalue weighted by Crippen LogP contribution is -2.19. The van der Waals surface area contributed by atoms with Gasteiger partial charge >= 0.3 is 0 Å². The molecule has 0 saturated heterocycles. The van der Waals surface area contributed by atoms with Crippen molar-refractivity contribution in [3.8, 4) is 0 Å². The monoisotopic (exact) mass is 279 g/mol. The van der Waals surface area contributed by atoms with Gasteiger partial charge in [0.2, 0.25) is 0 Å². The fourth-order valence-corrected chi connectivity index (χ4v) is 2.66. The molecule has 0 aliphatic rings. The van der Waals surface area contributed by atoms with Crippen LogP contribution in [0, 0.1) is 5.92 Å². The Morgan fingerprint density at radius 1 is 1.37 bits per heavy atom. The molecule has 4 heteroatoms. The molecule has 104 valence electrons. The predicted molar refractivity (Wildman–Crippen MR) is 81.7 cm³/mol. The molecule has 0 amide bonds. The third-order valence-corrected chi connectivity index (χ3v) is 3.86. The van der Waals surface area contributed by atoms with Gasteiger partial charge in [0.15, 0.2) is 0 Å². The molecule has 19 heavy (non-hydrogen) atoms. The van der Waals surface area contributed by atoms with Gasteiger partial charge in [-0.15, -0.1) is 0 Å². The number of hydrogen-bond acceptors (Lipinski definition) is 2. The van der Waals surface area contributed by atoms with Crippen LogP contribution in [-0.4, -0.2) is 16.1 Å². The smallest absolute Gasteiger partial charge is 0.110 e. The highest BCUT2D eigenvalue weighted by Crippen LogP contribution is 2.25. The maximum Gasteiger partial charge on any atom is 0.110 e. The molecule has 0 saturated carbocycles. The molecule has 1 unspecified atom stereocenters. The van der Waals surface area contributed by atoms with Crippen molar-refractivity contribution in [2.24, 2.45) is 11.7 Å². The van der Waals surface area contributed by atoms with Crippen LogP contribution in [0.1, 0.15) is 39.1 Å². The molecule has 2 N–H and O–H groups in total. The van der Waals surface area contributed by atoms with Crippen molar-refractivity contribution in [1.82, 2.24) is 9.55 Å². The lowest BCUT2D eigenvalue weighted by molar-refractivity contribution is 0.478. The summed E-state index contributed by atoms with van der Waals surface area (Å²) in [6, 6.07) is 6.25. The molecule has 0 aliphatic heterocycles. The number of hydrogen-bond donors (Lipinski definition) is 1. The third-order valence-electron chi connectivity index (χ3n) is 3.62. The summed E-state index contributed by atoms with van der Waals surface area (Å²) in [5.41, 5.74) is 7.95. The zero-order valence-corrected chi connectivity index (χ0v) is 12.6. The van der Waals surface area contributed by atoms with E-state index in [2.05, 4.69) is 25.3 Å². The molecule has 1 heterocycles. The minimum Gasteiger partial charge on any atom is -0.330 e. The lowest BCUT2D eigenvalue weighted by Gasteiger charge is -2.16. The number of nitrogens with zero attached hydrogens (tertiary/aromatic N) is 2. The van der Waals surface area contributed by atoms with Crippen LogP contribution in [0.2, 0.25) is 5.02 Å². The molecule has 0 spiro atoms. The summed E-state index contributed by atoms with van der Waals surface area (Å²) in [7, 11) is 0. The summed E-state index contributed by atoms with van der Waals surface area (Å²) in [6.07, 6.45) is 2.01. The van der Waals surface area contributed by atoms with Gasteiger partial charge in [-0.3, -0.25) is 0 Å². The molecule has 1 aromatic heterocycles. The van der Waals surface area contributed by atoms with Gasteiger partial charge in [-0.2, -0.15) is 0 Å². The van der Waals surface area contributed by atoms with Gasteiger partial charge in [0, 0.05) is 17.5 Å². The second kappa shape index (κ2) is 5.93. The van der Waals surface area contributed by atoms with Crippen molar-refractivity contribution >= 4 is 22.6 Å². The highest BCUT2D eigenvalue weighted by Gasteiger charge is 2.16. The minimum absolute atomic E-state index is 0.369. The van der Waals surface area contributed by atoms with Gasteiger partial charge in [-0.1, -0.05) is 24.9 Å². The average molecular weight is 280 g/mol. The Hall–Kier alpha value is -1.06. The Morgan fingerprint density at radius 2 is 2.11 bits per heavy atom. The zero-order chi connectivity index (χ0) is 14.0. The molecular weight excluding hydrogens is 258 g/mol. The summed E-state index contributed by atoms with van der Waals surface area (Å²) in [5, 5.41) is 0.756. The fourth-order valence-electron chi connectivity index (χ4n) is 2.49. The van der Waals surface area contributed by atoms with Gasteiger partial charge in [-0.25, -0.2) is 4.98 Å². The van der Waals surface area contributed by atoms with Crippen LogP contribution < -0.4 is 5.73 Å². The van der Waals surface area contributed by atoms with Crippen LogP contribution in [0.3, 0.4) is 0 Å². The molecule has 3 nitrogen and oxygen atoms in total. The lowest BCUT2D eigenvalue weighted by atomic mass is 10.0. The molecule has 2 aromatic rings. The van der Waals surface area contributed by atoms with Crippen LogP contribution in [0.15, 0.2) is 18.2 Å². The van der Waals surface area contributed by atoms with Crippen LogP contribution in [0.5, 0.6) is 0 Å². The van der Waals surface area contributed by atoms with Crippen molar-refractivity contribution in [2.45, 2.75) is 39.7 Å². The quantitative estimate of drug-likeness (QED) is 0.905. The summed E-state index contributed by atoms with van der Waals surface area (Å²) in [4.78, 5) is 4.76. The maximum atomic E-state index is 6.10. The SMILES string of the molecule is CCC(CN)Cc1nc2ccc(Cl)cc2n1C(C)C. The Kier molecular flexibility index (Phi) is 4.48. The zero-order valence-electron chi connectivity index (χ0n) is 11.9. The molecule has 0 fully saturated rings. The third kappa shape index (κ3) is 2.93. The number of nitrogens with two attached hydrogens (primary N) is 1.